The standard InChI is InChI=1S/C13H10FNO/c14-12-8-4-5-9-13(12)15-10-16-11-6-2-1-3-7-11/h1-10H. The lowest BCUT2D eigenvalue weighted by molar-refractivity contribution is 0.572. The van der Waals surface area contributed by atoms with Crippen LogP contribution in [0.2, 0.25) is 0 Å². The number of nitrogens with zero attached hydrogens (tertiary/aromatic N) is 1. The van der Waals surface area contributed by atoms with Crippen LogP contribution in [0.4, 0.5) is 10.1 Å². The average molecular weight is 215 g/mol. The summed E-state index contributed by atoms with van der Waals surface area (Å²) < 4.78 is 18.4. The quantitative estimate of drug-likeness (QED) is 0.566. The highest BCUT2D eigenvalue weighted by atomic mass is 19.1. The van der Waals surface area contributed by atoms with Gasteiger partial charge in [0, 0.05) is 0 Å². The fourth-order valence-corrected chi connectivity index (χ4v) is 1.20. The van der Waals surface area contributed by atoms with E-state index in [9.17, 15) is 4.39 Å². The highest BCUT2D eigenvalue weighted by Gasteiger charge is 1.96. The molecule has 0 N–H and O–H groups in total. The second-order valence-electron chi connectivity index (χ2n) is 3.12. The number of hydrogen-bond acceptors (Lipinski definition) is 2. The normalized spacial score (nSPS) is 10.6. The summed E-state index contributed by atoms with van der Waals surface area (Å²) in [6.07, 6.45) is 1.23. The van der Waals surface area contributed by atoms with Crippen LogP contribution in [-0.4, -0.2) is 6.40 Å². The molecule has 0 radical (unpaired) electrons. The summed E-state index contributed by atoms with van der Waals surface area (Å²) in [5.41, 5.74) is 0.262. The summed E-state index contributed by atoms with van der Waals surface area (Å²) in [5.74, 6) is 0.304. The van der Waals surface area contributed by atoms with Crippen molar-refractivity contribution < 1.29 is 9.13 Å². The first kappa shape index (κ1) is 10.4. The van der Waals surface area contributed by atoms with Crippen molar-refractivity contribution >= 4 is 12.1 Å². The first-order valence-corrected chi connectivity index (χ1v) is 4.85. The monoisotopic (exact) mass is 215 g/mol. The summed E-state index contributed by atoms with van der Waals surface area (Å²) in [5, 5.41) is 0. The Balaban J connectivity index is 2.03. The zero-order valence-corrected chi connectivity index (χ0v) is 8.51. The number of para-hydroxylation sites is 2. The van der Waals surface area contributed by atoms with Gasteiger partial charge in [-0.3, -0.25) is 0 Å². The van der Waals surface area contributed by atoms with Crippen LogP contribution in [0.3, 0.4) is 0 Å². The van der Waals surface area contributed by atoms with Gasteiger partial charge in [0.2, 0.25) is 0 Å². The molecule has 0 fully saturated rings. The maximum absolute atomic E-state index is 13.1. The third-order valence-electron chi connectivity index (χ3n) is 1.98. The second kappa shape index (κ2) is 5.07. The molecule has 0 aliphatic heterocycles. The lowest BCUT2D eigenvalue weighted by atomic mass is 10.3. The first-order chi connectivity index (χ1) is 7.86. The van der Waals surface area contributed by atoms with E-state index in [1.54, 1.807) is 30.3 Å². The SMILES string of the molecule is Fc1ccccc1N=COc1ccccc1. The summed E-state index contributed by atoms with van der Waals surface area (Å²) >= 11 is 0. The summed E-state index contributed by atoms with van der Waals surface area (Å²) in [4.78, 5) is 3.88. The van der Waals surface area contributed by atoms with Gasteiger partial charge in [-0.2, -0.15) is 0 Å². The van der Waals surface area contributed by atoms with E-state index in [1.807, 2.05) is 18.2 Å². The van der Waals surface area contributed by atoms with Crippen molar-refractivity contribution in [2.45, 2.75) is 0 Å². The lowest BCUT2D eigenvalue weighted by Crippen LogP contribution is -1.88. The molecular formula is C13H10FNO. The Morgan fingerprint density at radius 1 is 0.938 bits per heavy atom. The van der Waals surface area contributed by atoms with Gasteiger partial charge in [0.25, 0.3) is 0 Å². The van der Waals surface area contributed by atoms with E-state index in [-0.39, 0.29) is 11.5 Å². The van der Waals surface area contributed by atoms with E-state index in [2.05, 4.69) is 4.99 Å². The predicted octanol–water partition coefficient (Wildman–Crippen LogP) is 3.56. The zero-order chi connectivity index (χ0) is 11.2. The predicted molar refractivity (Wildman–Crippen MR) is 61.6 cm³/mol. The maximum Gasteiger partial charge on any atom is 0.181 e. The van der Waals surface area contributed by atoms with E-state index in [0.29, 0.717) is 5.75 Å². The molecule has 80 valence electrons. The molecule has 0 unspecified atom stereocenters. The average Bonchev–Trinajstić information content (AvgIpc) is 2.33. The number of ether oxygens (including phenoxy) is 1. The van der Waals surface area contributed by atoms with Gasteiger partial charge in [-0.25, -0.2) is 9.38 Å². The Hall–Kier alpha value is -2.16. The Bertz CT molecular complexity index is 482. The van der Waals surface area contributed by atoms with Crippen molar-refractivity contribution in [3.05, 3.63) is 60.4 Å². The Labute approximate surface area is 93.0 Å². The molecule has 0 heterocycles. The number of benzene rings is 2. The van der Waals surface area contributed by atoms with Crippen LogP contribution in [0.15, 0.2) is 59.6 Å². The highest BCUT2D eigenvalue weighted by molar-refractivity contribution is 5.58. The van der Waals surface area contributed by atoms with Crippen molar-refractivity contribution in [1.29, 1.82) is 0 Å². The molecule has 2 nitrogen and oxygen atoms in total. The second-order valence-corrected chi connectivity index (χ2v) is 3.12. The van der Waals surface area contributed by atoms with E-state index >= 15 is 0 Å². The molecule has 0 saturated heterocycles. The zero-order valence-electron chi connectivity index (χ0n) is 8.51. The van der Waals surface area contributed by atoms with Gasteiger partial charge in [0.1, 0.15) is 17.3 Å². The van der Waals surface area contributed by atoms with Crippen molar-refractivity contribution in [2.75, 3.05) is 0 Å². The molecule has 0 aliphatic rings. The van der Waals surface area contributed by atoms with Crippen LogP contribution in [-0.2, 0) is 0 Å². The van der Waals surface area contributed by atoms with Crippen LogP contribution in [0.1, 0.15) is 0 Å². The van der Waals surface area contributed by atoms with E-state index in [4.69, 9.17) is 4.74 Å². The third kappa shape index (κ3) is 2.67. The van der Waals surface area contributed by atoms with Crippen molar-refractivity contribution in [2.24, 2.45) is 4.99 Å². The van der Waals surface area contributed by atoms with Crippen LogP contribution >= 0.6 is 0 Å². The Kier molecular flexibility index (Phi) is 3.28. The molecule has 0 saturated carbocycles. The molecule has 0 amide bonds. The molecule has 16 heavy (non-hydrogen) atoms. The number of hydrogen-bond donors (Lipinski definition) is 0. The minimum atomic E-state index is -0.365. The lowest BCUT2D eigenvalue weighted by Gasteiger charge is -1.98. The molecule has 3 heteroatoms. The molecule has 0 atom stereocenters. The molecular weight excluding hydrogens is 205 g/mol. The van der Waals surface area contributed by atoms with Crippen molar-refractivity contribution in [3.8, 4) is 5.75 Å². The van der Waals surface area contributed by atoms with Gasteiger partial charge >= 0.3 is 0 Å². The van der Waals surface area contributed by atoms with Crippen LogP contribution in [0, 0.1) is 5.82 Å². The highest BCUT2D eigenvalue weighted by Crippen LogP contribution is 2.15. The van der Waals surface area contributed by atoms with Gasteiger partial charge < -0.3 is 4.74 Å². The summed E-state index contributed by atoms with van der Waals surface area (Å²) in [7, 11) is 0. The van der Waals surface area contributed by atoms with Crippen molar-refractivity contribution in [1.82, 2.24) is 0 Å². The molecule has 2 rings (SSSR count). The molecule has 0 aromatic heterocycles. The van der Waals surface area contributed by atoms with Gasteiger partial charge in [0.15, 0.2) is 6.40 Å². The maximum atomic E-state index is 13.1. The molecule has 0 spiro atoms. The first-order valence-electron chi connectivity index (χ1n) is 4.85. The minimum Gasteiger partial charge on any atom is -0.446 e. The van der Waals surface area contributed by atoms with Crippen LogP contribution in [0.25, 0.3) is 0 Å². The van der Waals surface area contributed by atoms with E-state index in [1.165, 1.54) is 12.5 Å². The largest absolute Gasteiger partial charge is 0.446 e. The van der Waals surface area contributed by atoms with Crippen molar-refractivity contribution in [3.63, 3.8) is 0 Å². The summed E-state index contributed by atoms with van der Waals surface area (Å²) in [6, 6.07) is 15.5. The number of halogens is 1. The Morgan fingerprint density at radius 3 is 2.38 bits per heavy atom. The third-order valence-corrected chi connectivity index (χ3v) is 1.98. The molecule has 0 bridgehead atoms. The van der Waals surface area contributed by atoms with E-state index in [0.717, 1.165) is 0 Å². The van der Waals surface area contributed by atoms with Crippen LogP contribution < -0.4 is 4.74 Å². The van der Waals surface area contributed by atoms with Gasteiger partial charge in [-0.1, -0.05) is 30.3 Å². The topological polar surface area (TPSA) is 21.6 Å². The minimum absolute atomic E-state index is 0.262. The molecule has 2 aromatic rings. The summed E-state index contributed by atoms with van der Waals surface area (Å²) in [6.45, 7) is 0. The van der Waals surface area contributed by atoms with Gasteiger partial charge in [-0.05, 0) is 24.3 Å². The Morgan fingerprint density at radius 2 is 1.62 bits per heavy atom. The van der Waals surface area contributed by atoms with Gasteiger partial charge in [0.05, 0.1) is 0 Å². The van der Waals surface area contributed by atoms with E-state index < -0.39 is 0 Å². The molecule has 2 aromatic carbocycles. The smallest absolute Gasteiger partial charge is 0.181 e. The molecule has 0 aliphatic carbocycles. The number of rotatable bonds is 3. The number of aliphatic imine (C=N–C) groups is 1. The van der Waals surface area contributed by atoms with Gasteiger partial charge in [-0.15, -0.1) is 0 Å². The fourth-order valence-electron chi connectivity index (χ4n) is 1.20. The fraction of sp³-hybridized carbons (Fsp3) is 0. The van der Waals surface area contributed by atoms with Crippen LogP contribution in [0.5, 0.6) is 5.75 Å².